The predicted molar refractivity (Wildman–Crippen MR) is 93.4 cm³/mol. The number of aromatic hydroxyl groups is 1. The van der Waals surface area contributed by atoms with Crippen LogP contribution in [-0.4, -0.2) is 10.1 Å². The van der Waals surface area contributed by atoms with Gasteiger partial charge in [0.15, 0.2) is 0 Å². The maximum atomic E-state index is 13.0. The third kappa shape index (κ3) is 2.78. The van der Waals surface area contributed by atoms with E-state index in [4.69, 9.17) is 5.73 Å². The van der Waals surface area contributed by atoms with Crippen LogP contribution in [-0.2, 0) is 12.8 Å². The van der Waals surface area contributed by atoms with E-state index < -0.39 is 0 Å². The number of H-pyrrole nitrogens is 1. The highest BCUT2D eigenvalue weighted by atomic mass is 19.1. The van der Waals surface area contributed by atoms with Gasteiger partial charge in [0.25, 0.3) is 0 Å². The summed E-state index contributed by atoms with van der Waals surface area (Å²) in [6.07, 6.45) is 3.88. The first-order chi connectivity index (χ1) is 11.6. The van der Waals surface area contributed by atoms with Gasteiger partial charge >= 0.3 is 0 Å². The van der Waals surface area contributed by atoms with Crippen molar-refractivity contribution >= 4 is 10.9 Å². The number of phenols is 1. The number of nitrogens with two attached hydrogens (primary N) is 1. The number of phenolic OH excluding ortho intramolecular Hbond substituents is 1. The molecule has 24 heavy (non-hydrogen) atoms. The average Bonchev–Trinajstić information content (AvgIpc) is 2.93. The second kappa shape index (κ2) is 5.95. The summed E-state index contributed by atoms with van der Waals surface area (Å²) in [5.74, 6) is 0.590. The first-order valence-electron chi connectivity index (χ1n) is 8.43. The van der Waals surface area contributed by atoms with Crippen molar-refractivity contribution in [3.8, 4) is 5.75 Å². The second-order valence-corrected chi connectivity index (χ2v) is 6.82. The Morgan fingerprint density at radius 2 is 1.96 bits per heavy atom. The zero-order chi connectivity index (χ0) is 16.7. The van der Waals surface area contributed by atoms with E-state index >= 15 is 0 Å². The molecule has 0 radical (unpaired) electrons. The van der Waals surface area contributed by atoms with Crippen LogP contribution in [0.15, 0.2) is 42.5 Å². The number of aryl methyl sites for hydroxylation is 1. The normalized spacial score (nSPS) is 20.2. The fourth-order valence-corrected chi connectivity index (χ4v) is 3.88. The summed E-state index contributed by atoms with van der Waals surface area (Å²) < 4.78 is 13.0. The van der Waals surface area contributed by atoms with Gasteiger partial charge in [-0.15, -0.1) is 0 Å². The molecule has 0 spiro atoms. The lowest BCUT2D eigenvalue weighted by Gasteiger charge is -2.27. The van der Waals surface area contributed by atoms with Crippen molar-refractivity contribution in [1.82, 2.24) is 4.98 Å². The van der Waals surface area contributed by atoms with Crippen molar-refractivity contribution in [2.24, 2.45) is 11.7 Å². The Bertz CT molecular complexity index is 869. The molecule has 0 saturated heterocycles. The first-order valence-corrected chi connectivity index (χ1v) is 8.43. The minimum Gasteiger partial charge on any atom is -0.508 e. The van der Waals surface area contributed by atoms with Gasteiger partial charge in [-0.3, -0.25) is 0 Å². The predicted octanol–water partition coefficient (Wildman–Crippen LogP) is 4.21. The van der Waals surface area contributed by atoms with Crippen molar-refractivity contribution in [3.05, 3.63) is 65.1 Å². The first kappa shape index (κ1) is 15.2. The summed E-state index contributed by atoms with van der Waals surface area (Å²) >= 11 is 0. The molecule has 2 atom stereocenters. The lowest BCUT2D eigenvalue weighted by atomic mass is 9.81. The van der Waals surface area contributed by atoms with Crippen LogP contribution in [0.3, 0.4) is 0 Å². The fourth-order valence-electron chi connectivity index (χ4n) is 3.88. The van der Waals surface area contributed by atoms with E-state index in [0.717, 1.165) is 47.8 Å². The van der Waals surface area contributed by atoms with Gasteiger partial charge in [-0.25, -0.2) is 4.39 Å². The summed E-state index contributed by atoms with van der Waals surface area (Å²) in [5, 5.41) is 10.9. The minimum absolute atomic E-state index is 0.00140. The van der Waals surface area contributed by atoms with Crippen LogP contribution in [0.2, 0.25) is 0 Å². The average molecular weight is 324 g/mol. The molecule has 2 unspecified atom stereocenters. The number of aromatic amines is 1. The molecule has 1 aromatic heterocycles. The van der Waals surface area contributed by atoms with Crippen LogP contribution in [0.4, 0.5) is 4.39 Å². The quantitative estimate of drug-likeness (QED) is 0.676. The Balaban J connectivity index is 1.55. The molecular formula is C20H21FN2O. The Morgan fingerprint density at radius 3 is 2.75 bits per heavy atom. The van der Waals surface area contributed by atoms with Crippen molar-refractivity contribution in [1.29, 1.82) is 0 Å². The minimum atomic E-state index is -0.193. The molecule has 0 aliphatic heterocycles. The Labute approximate surface area is 140 Å². The molecule has 3 nitrogen and oxygen atoms in total. The molecule has 0 bridgehead atoms. The highest BCUT2D eigenvalue weighted by Crippen LogP contribution is 2.38. The molecule has 1 aliphatic rings. The van der Waals surface area contributed by atoms with Crippen molar-refractivity contribution in [2.75, 3.05) is 0 Å². The van der Waals surface area contributed by atoms with Crippen LogP contribution < -0.4 is 5.73 Å². The number of benzene rings is 2. The number of nitrogens with one attached hydrogen (secondary N) is 1. The topological polar surface area (TPSA) is 62.0 Å². The van der Waals surface area contributed by atoms with E-state index in [1.54, 1.807) is 6.07 Å². The molecule has 0 fully saturated rings. The SMILES string of the molecule is NC1CC(CCc2ccc(F)cc2)Cc2c1[nH]c1ccc(O)cc21. The molecule has 4 N–H and O–H groups in total. The van der Waals surface area contributed by atoms with Crippen LogP contribution in [0.1, 0.15) is 35.7 Å². The molecule has 4 rings (SSSR count). The molecule has 2 aromatic carbocycles. The Kier molecular flexibility index (Phi) is 3.77. The molecule has 3 aromatic rings. The third-order valence-electron chi connectivity index (χ3n) is 5.13. The number of fused-ring (bicyclic) bond motifs is 3. The summed E-state index contributed by atoms with van der Waals surface area (Å²) in [6, 6.07) is 12.2. The van der Waals surface area contributed by atoms with Crippen LogP contribution in [0, 0.1) is 11.7 Å². The van der Waals surface area contributed by atoms with E-state index in [1.807, 2.05) is 24.3 Å². The van der Waals surface area contributed by atoms with E-state index in [0.29, 0.717) is 5.92 Å². The van der Waals surface area contributed by atoms with Crippen molar-refractivity contribution in [3.63, 3.8) is 0 Å². The monoisotopic (exact) mass is 324 g/mol. The van der Waals surface area contributed by atoms with Gasteiger partial charge in [0.05, 0.1) is 0 Å². The highest BCUT2D eigenvalue weighted by Gasteiger charge is 2.27. The molecule has 1 aliphatic carbocycles. The number of rotatable bonds is 3. The zero-order valence-electron chi connectivity index (χ0n) is 13.4. The van der Waals surface area contributed by atoms with Crippen LogP contribution in [0.25, 0.3) is 10.9 Å². The van der Waals surface area contributed by atoms with Gasteiger partial charge < -0.3 is 15.8 Å². The number of halogens is 1. The van der Waals surface area contributed by atoms with Gasteiger partial charge in [-0.2, -0.15) is 0 Å². The van der Waals surface area contributed by atoms with Crippen molar-refractivity contribution < 1.29 is 9.50 Å². The Morgan fingerprint density at radius 1 is 1.17 bits per heavy atom. The maximum Gasteiger partial charge on any atom is 0.123 e. The van der Waals surface area contributed by atoms with Crippen LogP contribution in [0.5, 0.6) is 5.75 Å². The maximum absolute atomic E-state index is 13.0. The number of aromatic nitrogens is 1. The van der Waals surface area contributed by atoms with E-state index in [9.17, 15) is 9.50 Å². The van der Waals surface area contributed by atoms with Crippen molar-refractivity contribution in [2.45, 2.75) is 31.7 Å². The summed E-state index contributed by atoms with van der Waals surface area (Å²) in [7, 11) is 0. The van der Waals surface area contributed by atoms with E-state index in [-0.39, 0.29) is 17.6 Å². The molecule has 1 heterocycles. The lowest BCUT2D eigenvalue weighted by molar-refractivity contribution is 0.381. The number of hydrogen-bond donors (Lipinski definition) is 3. The van der Waals surface area contributed by atoms with Crippen LogP contribution >= 0.6 is 0 Å². The zero-order valence-corrected chi connectivity index (χ0v) is 13.4. The van der Waals surface area contributed by atoms with E-state index in [2.05, 4.69) is 4.98 Å². The smallest absolute Gasteiger partial charge is 0.123 e. The van der Waals surface area contributed by atoms with Gasteiger partial charge in [0.1, 0.15) is 11.6 Å². The summed E-state index contributed by atoms with van der Waals surface area (Å²) in [6.45, 7) is 0. The summed E-state index contributed by atoms with van der Waals surface area (Å²) in [5.41, 5.74) is 10.9. The van der Waals surface area contributed by atoms with Gasteiger partial charge in [-0.1, -0.05) is 12.1 Å². The molecule has 0 amide bonds. The third-order valence-corrected chi connectivity index (χ3v) is 5.13. The Hall–Kier alpha value is -2.33. The summed E-state index contributed by atoms with van der Waals surface area (Å²) in [4.78, 5) is 3.42. The van der Waals surface area contributed by atoms with Gasteiger partial charge in [0.2, 0.25) is 0 Å². The van der Waals surface area contributed by atoms with Gasteiger partial charge in [-0.05, 0) is 73.1 Å². The molecular weight excluding hydrogens is 303 g/mol. The molecule has 4 heteroatoms. The second-order valence-electron chi connectivity index (χ2n) is 6.82. The highest BCUT2D eigenvalue weighted by molar-refractivity contribution is 5.86. The molecule has 0 saturated carbocycles. The van der Waals surface area contributed by atoms with Gasteiger partial charge in [0, 0.05) is 22.6 Å². The largest absolute Gasteiger partial charge is 0.508 e. The van der Waals surface area contributed by atoms with E-state index in [1.165, 1.54) is 17.7 Å². The number of hydrogen-bond acceptors (Lipinski definition) is 2. The fraction of sp³-hybridized carbons (Fsp3) is 0.300. The lowest BCUT2D eigenvalue weighted by Crippen LogP contribution is -2.24. The standard InChI is InChI=1S/C20H21FN2O/c21-14-5-3-12(4-6-14)1-2-13-9-17-16-11-15(24)7-8-19(16)23-20(17)18(22)10-13/h3-8,11,13,18,23-24H,1-2,9-10,22H2. The molecule has 124 valence electrons.